The summed E-state index contributed by atoms with van der Waals surface area (Å²) in [6.07, 6.45) is 2.49. The summed E-state index contributed by atoms with van der Waals surface area (Å²) in [6.45, 7) is 1.91. The Labute approximate surface area is 118 Å². The van der Waals surface area contributed by atoms with Gasteiger partial charge in [-0.15, -0.1) is 0 Å². The van der Waals surface area contributed by atoms with Gasteiger partial charge in [-0.25, -0.2) is 9.97 Å². The van der Waals surface area contributed by atoms with Crippen LogP contribution in [-0.2, 0) is 9.59 Å². The first-order valence-electron chi connectivity index (χ1n) is 5.87. The Balaban J connectivity index is 2.03. The lowest BCUT2D eigenvalue weighted by atomic mass is 10.1. The summed E-state index contributed by atoms with van der Waals surface area (Å²) >= 11 is 1.19. The van der Waals surface area contributed by atoms with Crippen LogP contribution in [0, 0.1) is 16.0 Å². The fourth-order valence-corrected chi connectivity index (χ4v) is 2.56. The number of nitrogens with zero attached hydrogens (tertiary/aromatic N) is 4. The number of hydrogen-bond donors (Lipinski definition) is 0. The van der Waals surface area contributed by atoms with Gasteiger partial charge >= 0.3 is 5.69 Å². The van der Waals surface area contributed by atoms with Gasteiger partial charge in [-0.3, -0.25) is 24.6 Å². The van der Waals surface area contributed by atoms with Crippen LogP contribution in [0.5, 0.6) is 0 Å². The Morgan fingerprint density at radius 1 is 1.55 bits per heavy atom. The van der Waals surface area contributed by atoms with Gasteiger partial charge in [-0.2, -0.15) is 0 Å². The third-order valence-corrected chi connectivity index (χ3v) is 3.85. The average Bonchev–Trinajstić information content (AvgIpc) is 2.78. The van der Waals surface area contributed by atoms with Crippen molar-refractivity contribution in [3.63, 3.8) is 0 Å². The van der Waals surface area contributed by atoms with E-state index in [2.05, 4.69) is 9.97 Å². The molecule has 0 aromatic carbocycles. The van der Waals surface area contributed by atoms with Gasteiger partial charge in [-0.05, 0) is 5.92 Å². The summed E-state index contributed by atoms with van der Waals surface area (Å²) < 4.78 is 0. The van der Waals surface area contributed by atoms with Crippen molar-refractivity contribution in [3.8, 4) is 0 Å². The van der Waals surface area contributed by atoms with E-state index in [1.54, 1.807) is 0 Å². The minimum atomic E-state index is -0.595. The molecule has 8 nitrogen and oxygen atoms in total. The van der Waals surface area contributed by atoms with E-state index in [0.717, 1.165) is 12.4 Å². The molecule has 2 heterocycles. The van der Waals surface area contributed by atoms with E-state index in [4.69, 9.17) is 0 Å². The quantitative estimate of drug-likeness (QED) is 0.603. The van der Waals surface area contributed by atoms with Crippen LogP contribution < -0.4 is 4.90 Å². The summed E-state index contributed by atoms with van der Waals surface area (Å²) in [6, 6.07) is 0. The molecule has 1 aliphatic rings. The molecule has 1 aliphatic heterocycles. The van der Waals surface area contributed by atoms with Crippen molar-refractivity contribution >= 4 is 34.4 Å². The summed E-state index contributed by atoms with van der Waals surface area (Å²) in [5.41, 5.74) is -0.218. The van der Waals surface area contributed by atoms with E-state index in [-0.39, 0.29) is 28.6 Å². The van der Waals surface area contributed by atoms with E-state index in [9.17, 15) is 19.7 Å². The van der Waals surface area contributed by atoms with E-state index >= 15 is 0 Å². The van der Waals surface area contributed by atoms with Crippen LogP contribution in [0.15, 0.2) is 12.4 Å². The molecule has 0 spiro atoms. The lowest BCUT2D eigenvalue weighted by Crippen LogP contribution is -2.26. The SMILES string of the molecule is CC(=O)SCC1CC(=O)N(c2ncc([N+](=O)[O-])cn2)C1. The number of hydrogen-bond acceptors (Lipinski definition) is 7. The number of carbonyl (C=O) groups excluding carboxylic acids is 2. The van der Waals surface area contributed by atoms with Crippen molar-refractivity contribution in [2.24, 2.45) is 5.92 Å². The van der Waals surface area contributed by atoms with Crippen LogP contribution in [-0.4, -0.2) is 38.2 Å². The fraction of sp³-hybridized carbons (Fsp3) is 0.455. The Morgan fingerprint density at radius 2 is 2.20 bits per heavy atom. The Hall–Kier alpha value is -2.03. The van der Waals surface area contributed by atoms with Crippen LogP contribution in [0.1, 0.15) is 13.3 Å². The van der Waals surface area contributed by atoms with E-state index in [1.165, 1.54) is 23.6 Å². The first-order valence-corrected chi connectivity index (χ1v) is 6.86. The third-order valence-electron chi connectivity index (χ3n) is 2.80. The Bertz CT molecular complexity index is 548. The summed E-state index contributed by atoms with van der Waals surface area (Å²) in [7, 11) is 0. The molecule has 0 radical (unpaired) electrons. The topological polar surface area (TPSA) is 106 Å². The molecular weight excluding hydrogens is 284 g/mol. The second-order valence-electron chi connectivity index (χ2n) is 4.38. The second-order valence-corrected chi connectivity index (χ2v) is 5.57. The smallest absolute Gasteiger partial charge is 0.288 e. The van der Waals surface area contributed by atoms with Crippen LogP contribution in [0.25, 0.3) is 0 Å². The van der Waals surface area contributed by atoms with Gasteiger partial charge in [0.25, 0.3) is 0 Å². The van der Waals surface area contributed by atoms with Gasteiger partial charge in [0.1, 0.15) is 12.4 Å². The van der Waals surface area contributed by atoms with E-state index in [0.29, 0.717) is 18.7 Å². The maximum Gasteiger partial charge on any atom is 0.305 e. The van der Waals surface area contributed by atoms with Gasteiger partial charge in [0.05, 0.1) is 4.92 Å². The number of anilines is 1. The van der Waals surface area contributed by atoms with Crippen LogP contribution >= 0.6 is 11.8 Å². The minimum absolute atomic E-state index is 0.0162. The van der Waals surface area contributed by atoms with Crippen LogP contribution in [0.4, 0.5) is 11.6 Å². The molecule has 1 fully saturated rings. The monoisotopic (exact) mass is 296 g/mol. The predicted molar refractivity (Wildman–Crippen MR) is 72.3 cm³/mol. The molecule has 20 heavy (non-hydrogen) atoms. The largest absolute Gasteiger partial charge is 0.305 e. The summed E-state index contributed by atoms with van der Waals surface area (Å²) in [5.74, 6) is 0.670. The first kappa shape index (κ1) is 14.4. The maximum atomic E-state index is 11.9. The highest BCUT2D eigenvalue weighted by atomic mass is 32.2. The van der Waals surface area contributed by atoms with Crippen LogP contribution in [0.3, 0.4) is 0 Å². The second kappa shape index (κ2) is 5.95. The van der Waals surface area contributed by atoms with Crippen molar-refractivity contribution in [3.05, 3.63) is 22.5 Å². The molecule has 106 valence electrons. The lowest BCUT2D eigenvalue weighted by molar-refractivity contribution is -0.385. The number of nitro groups is 1. The molecule has 0 aliphatic carbocycles. The highest BCUT2D eigenvalue weighted by molar-refractivity contribution is 8.13. The molecule has 0 N–H and O–H groups in total. The number of rotatable bonds is 4. The molecular formula is C11H12N4O4S. The highest BCUT2D eigenvalue weighted by Crippen LogP contribution is 2.25. The summed E-state index contributed by atoms with van der Waals surface area (Å²) in [5, 5.41) is 10.5. The molecule has 1 unspecified atom stereocenters. The number of aromatic nitrogens is 2. The zero-order valence-electron chi connectivity index (χ0n) is 10.7. The van der Waals surface area contributed by atoms with Crippen molar-refractivity contribution < 1.29 is 14.5 Å². The lowest BCUT2D eigenvalue weighted by Gasteiger charge is -2.13. The van der Waals surface area contributed by atoms with Gasteiger partial charge in [0.2, 0.25) is 11.9 Å². The maximum absolute atomic E-state index is 11.9. The first-order chi connectivity index (χ1) is 9.47. The minimum Gasteiger partial charge on any atom is -0.288 e. The highest BCUT2D eigenvalue weighted by Gasteiger charge is 2.32. The normalized spacial score (nSPS) is 18.4. The Kier molecular flexibility index (Phi) is 4.28. The van der Waals surface area contributed by atoms with Crippen molar-refractivity contribution in [1.82, 2.24) is 9.97 Å². The molecule has 0 saturated carbocycles. The van der Waals surface area contributed by atoms with Gasteiger partial charge in [0, 0.05) is 25.6 Å². The van der Waals surface area contributed by atoms with Crippen molar-refractivity contribution in [1.29, 1.82) is 0 Å². The van der Waals surface area contributed by atoms with Gasteiger partial charge < -0.3 is 0 Å². The fourth-order valence-electron chi connectivity index (χ4n) is 1.87. The van der Waals surface area contributed by atoms with Crippen molar-refractivity contribution in [2.75, 3.05) is 17.2 Å². The molecule has 2 rings (SSSR count). The average molecular weight is 296 g/mol. The molecule has 1 atom stereocenters. The number of thioether (sulfide) groups is 1. The molecule has 1 amide bonds. The predicted octanol–water partition coefficient (Wildman–Crippen LogP) is 1.02. The van der Waals surface area contributed by atoms with Gasteiger partial charge in [-0.1, -0.05) is 11.8 Å². The van der Waals surface area contributed by atoms with E-state index in [1.807, 2.05) is 0 Å². The zero-order valence-corrected chi connectivity index (χ0v) is 11.5. The molecule has 0 bridgehead atoms. The third kappa shape index (κ3) is 3.29. The van der Waals surface area contributed by atoms with Crippen LogP contribution in [0.2, 0.25) is 0 Å². The van der Waals surface area contributed by atoms with Gasteiger partial charge in [0.15, 0.2) is 5.12 Å². The number of amides is 1. The molecule has 1 saturated heterocycles. The van der Waals surface area contributed by atoms with Crippen molar-refractivity contribution in [2.45, 2.75) is 13.3 Å². The summed E-state index contributed by atoms with van der Waals surface area (Å²) in [4.78, 5) is 41.8. The molecule has 9 heteroatoms. The van der Waals surface area contributed by atoms with E-state index < -0.39 is 4.92 Å². The Morgan fingerprint density at radius 3 is 2.75 bits per heavy atom. The number of carbonyl (C=O) groups is 2. The zero-order chi connectivity index (χ0) is 14.7. The molecule has 1 aromatic rings. The molecule has 1 aromatic heterocycles. The standard InChI is InChI=1S/C11H12N4O4S/c1-7(16)20-6-8-2-10(17)14(5-8)11-12-3-9(4-13-11)15(18)19/h3-4,8H,2,5-6H2,1H3.